The van der Waals surface area contributed by atoms with Crippen LogP contribution in [0, 0.1) is 0 Å². The molecule has 1 aliphatic heterocycles. The molecular formula is C21H27ClNO3+. The van der Waals surface area contributed by atoms with Crippen molar-refractivity contribution in [1.82, 2.24) is 0 Å². The van der Waals surface area contributed by atoms with Crippen molar-refractivity contribution < 1.29 is 19.5 Å². The van der Waals surface area contributed by atoms with Crippen molar-refractivity contribution in [2.24, 2.45) is 0 Å². The topological polar surface area (TPSA) is 44.3 Å². The average molecular weight is 377 g/mol. The van der Waals surface area contributed by atoms with Crippen molar-refractivity contribution in [1.29, 1.82) is 0 Å². The van der Waals surface area contributed by atoms with Gasteiger partial charge in [0.25, 0.3) is 0 Å². The maximum absolute atomic E-state index is 6.50. The second-order valence-electron chi connectivity index (χ2n) is 6.48. The minimum absolute atomic E-state index is 0.380. The van der Waals surface area contributed by atoms with Crippen LogP contribution >= 0.6 is 11.6 Å². The van der Waals surface area contributed by atoms with Crippen LogP contribution in [0.15, 0.2) is 42.5 Å². The summed E-state index contributed by atoms with van der Waals surface area (Å²) in [4.78, 5) is 0. The predicted molar refractivity (Wildman–Crippen MR) is 103 cm³/mol. The van der Waals surface area contributed by atoms with Crippen LogP contribution in [0.4, 0.5) is 0 Å². The molecule has 2 N–H and O–H groups in total. The Labute approximate surface area is 160 Å². The summed E-state index contributed by atoms with van der Waals surface area (Å²) in [5.41, 5.74) is 2.23. The summed E-state index contributed by atoms with van der Waals surface area (Å²) in [7, 11) is 0. The number of quaternary nitrogens is 1. The third-order valence-corrected chi connectivity index (χ3v) is 4.71. The second kappa shape index (κ2) is 9.81. The van der Waals surface area contributed by atoms with Crippen LogP contribution in [0.1, 0.15) is 30.9 Å². The normalized spacial score (nSPS) is 16.6. The zero-order chi connectivity index (χ0) is 18.2. The Hall–Kier alpha value is -1.75. The van der Waals surface area contributed by atoms with Gasteiger partial charge in [-0.2, -0.15) is 0 Å². The Kier molecular flexibility index (Phi) is 7.18. The zero-order valence-electron chi connectivity index (χ0n) is 15.2. The molecule has 4 nitrogen and oxygen atoms in total. The fourth-order valence-electron chi connectivity index (χ4n) is 3.14. The largest absolute Gasteiger partial charge is 0.490 e. The second-order valence-corrected chi connectivity index (χ2v) is 6.88. The smallest absolute Gasteiger partial charge is 0.180 e. The van der Waals surface area contributed by atoms with Crippen molar-refractivity contribution in [2.45, 2.75) is 39.0 Å². The molecule has 26 heavy (non-hydrogen) atoms. The summed E-state index contributed by atoms with van der Waals surface area (Å²) in [6, 6.07) is 14.0. The van der Waals surface area contributed by atoms with E-state index in [9.17, 15) is 0 Å². The van der Waals surface area contributed by atoms with E-state index in [-0.39, 0.29) is 0 Å². The molecule has 1 aliphatic rings. The lowest BCUT2D eigenvalue weighted by Crippen LogP contribution is -2.84. The monoisotopic (exact) mass is 376 g/mol. The lowest BCUT2D eigenvalue weighted by Gasteiger charge is -2.15. The highest BCUT2D eigenvalue weighted by atomic mass is 35.5. The number of hydrogen-bond donors (Lipinski definition) is 1. The van der Waals surface area contributed by atoms with Crippen LogP contribution in [-0.4, -0.2) is 25.9 Å². The number of hydrogen-bond acceptors (Lipinski definition) is 3. The van der Waals surface area contributed by atoms with E-state index >= 15 is 0 Å². The lowest BCUT2D eigenvalue weighted by atomic mass is 10.2. The molecule has 0 unspecified atom stereocenters. The average Bonchev–Trinajstić information content (AvgIpc) is 3.16. The van der Waals surface area contributed by atoms with Crippen LogP contribution in [0.2, 0.25) is 5.02 Å². The van der Waals surface area contributed by atoms with Gasteiger partial charge in [-0.25, -0.2) is 0 Å². The van der Waals surface area contributed by atoms with Gasteiger partial charge in [0, 0.05) is 12.2 Å². The summed E-state index contributed by atoms with van der Waals surface area (Å²) in [5, 5.41) is 2.86. The first-order valence-corrected chi connectivity index (χ1v) is 9.69. The lowest BCUT2D eigenvalue weighted by molar-refractivity contribution is -0.676. The molecule has 2 aromatic carbocycles. The molecule has 0 aromatic heterocycles. The molecule has 0 aliphatic carbocycles. The van der Waals surface area contributed by atoms with E-state index in [0.717, 1.165) is 37.2 Å². The van der Waals surface area contributed by atoms with Crippen LogP contribution in [0.5, 0.6) is 11.5 Å². The summed E-state index contributed by atoms with van der Waals surface area (Å²) in [6.07, 6.45) is 2.71. The number of ether oxygens (including phenoxy) is 3. The van der Waals surface area contributed by atoms with Crippen molar-refractivity contribution >= 4 is 11.6 Å². The zero-order valence-corrected chi connectivity index (χ0v) is 16.0. The molecule has 1 fully saturated rings. The molecule has 2 aromatic rings. The Morgan fingerprint density at radius 3 is 2.73 bits per heavy atom. The molecule has 0 saturated carbocycles. The number of benzene rings is 2. The van der Waals surface area contributed by atoms with Crippen LogP contribution < -0.4 is 14.8 Å². The van der Waals surface area contributed by atoms with Crippen molar-refractivity contribution in [3.63, 3.8) is 0 Å². The van der Waals surface area contributed by atoms with Crippen LogP contribution in [0.3, 0.4) is 0 Å². The highest BCUT2D eigenvalue weighted by Crippen LogP contribution is 2.37. The number of rotatable bonds is 9. The third kappa shape index (κ3) is 5.37. The van der Waals surface area contributed by atoms with E-state index < -0.39 is 0 Å². The Morgan fingerprint density at radius 2 is 2.00 bits per heavy atom. The standard InChI is InChI=1S/C21H26ClNO3/c1-2-24-20-12-17(13-23-14-18-9-6-10-25-18)11-19(22)21(20)26-15-16-7-4-3-5-8-16/h3-5,7-8,11-12,18,23H,2,6,9-10,13-15H2,1H3/p+1/t18-/m1/s1. The summed E-state index contributed by atoms with van der Waals surface area (Å²) < 4.78 is 17.4. The van der Waals surface area contributed by atoms with Crippen molar-refractivity contribution in [3.05, 3.63) is 58.6 Å². The minimum Gasteiger partial charge on any atom is -0.490 e. The van der Waals surface area contributed by atoms with E-state index in [2.05, 4.69) is 5.32 Å². The van der Waals surface area contributed by atoms with Gasteiger partial charge in [0.2, 0.25) is 0 Å². The molecule has 0 bridgehead atoms. The Morgan fingerprint density at radius 1 is 1.15 bits per heavy atom. The summed E-state index contributed by atoms with van der Waals surface area (Å²) >= 11 is 6.50. The van der Waals surface area contributed by atoms with Gasteiger partial charge < -0.3 is 19.5 Å². The maximum atomic E-state index is 6.50. The van der Waals surface area contributed by atoms with Gasteiger partial charge in [-0.3, -0.25) is 0 Å². The van der Waals surface area contributed by atoms with Gasteiger partial charge in [-0.1, -0.05) is 41.9 Å². The van der Waals surface area contributed by atoms with Gasteiger partial charge in [0.05, 0.1) is 11.6 Å². The molecule has 3 rings (SSSR count). The molecule has 0 amide bonds. The molecule has 0 spiro atoms. The van der Waals surface area contributed by atoms with Crippen molar-refractivity contribution in [3.8, 4) is 11.5 Å². The molecule has 1 heterocycles. The highest BCUT2D eigenvalue weighted by Gasteiger charge is 2.18. The Balaban J connectivity index is 1.64. The first-order chi connectivity index (χ1) is 12.8. The third-order valence-electron chi connectivity index (χ3n) is 4.43. The fraction of sp³-hybridized carbons (Fsp3) is 0.429. The van der Waals surface area contributed by atoms with Gasteiger partial charge in [-0.15, -0.1) is 0 Å². The van der Waals surface area contributed by atoms with E-state index in [0.29, 0.717) is 35.8 Å². The molecular weight excluding hydrogens is 350 g/mol. The molecule has 0 radical (unpaired) electrons. The van der Waals surface area contributed by atoms with E-state index in [1.165, 1.54) is 6.42 Å². The van der Waals surface area contributed by atoms with E-state index in [4.69, 9.17) is 25.8 Å². The predicted octanol–water partition coefficient (Wildman–Crippen LogP) is 3.56. The first-order valence-electron chi connectivity index (χ1n) is 9.31. The molecule has 1 saturated heterocycles. The summed E-state index contributed by atoms with van der Waals surface area (Å²) in [5.74, 6) is 1.32. The Bertz CT molecular complexity index is 687. The van der Waals surface area contributed by atoms with Gasteiger partial charge >= 0.3 is 0 Å². The van der Waals surface area contributed by atoms with Gasteiger partial charge in [0.15, 0.2) is 11.5 Å². The molecule has 1 atom stereocenters. The fourth-order valence-corrected chi connectivity index (χ4v) is 3.43. The van der Waals surface area contributed by atoms with Gasteiger partial charge in [-0.05, 0) is 37.5 Å². The van der Waals surface area contributed by atoms with Crippen LogP contribution in [-0.2, 0) is 17.9 Å². The van der Waals surface area contributed by atoms with Crippen LogP contribution in [0.25, 0.3) is 0 Å². The van der Waals surface area contributed by atoms with E-state index in [1.54, 1.807) is 0 Å². The van der Waals surface area contributed by atoms with Gasteiger partial charge in [0.1, 0.15) is 25.8 Å². The number of halogens is 1. The molecule has 140 valence electrons. The maximum Gasteiger partial charge on any atom is 0.180 e. The highest BCUT2D eigenvalue weighted by molar-refractivity contribution is 6.32. The minimum atomic E-state index is 0.380. The van der Waals surface area contributed by atoms with Crippen molar-refractivity contribution in [2.75, 3.05) is 19.8 Å². The summed E-state index contributed by atoms with van der Waals surface area (Å²) in [6.45, 7) is 5.72. The quantitative estimate of drug-likeness (QED) is 0.727. The molecule has 5 heteroatoms. The SMILES string of the molecule is CCOc1cc(C[NH2+]C[C@H]2CCCO2)cc(Cl)c1OCc1ccccc1. The van der Waals surface area contributed by atoms with E-state index in [1.807, 2.05) is 49.4 Å². The first kappa shape index (κ1) is 19.0. The number of nitrogens with two attached hydrogens (primary N) is 1.